The van der Waals surface area contributed by atoms with Gasteiger partial charge in [-0.15, -0.1) is 6.58 Å². The number of nitrogens with one attached hydrogen (secondary N) is 3. The van der Waals surface area contributed by atoms with Gasteiger partial charge in [0.2, 0.25) is 27.7 Å². The number of alkyl carbamates (subject to hydrolysis) is 1. The zero-order chi connectivity index (χ0) is 44.6. The number of aromatic nitrogens is 1. The molecule has 2 heterocycles. The Morgan fingerprint density at radius 1 is 1.17 bits per heavy atom. The molecule has 2 saturated carbocycles. The van der Waals surface area contributed by atoms with Gasteiger partial charge >= 0.3 is 6.09 Å². The van der Waals surface area contributed by atoms with Crippen molar-refractivity contribution in [2.24, 2.45) is 5.92 Å². The van der Waals surface area contributed by atoms with Gasteiger partial charge in [-0.05, 0) is 95.9 Å². The van der Waals surface area contributed by atoms with Crippen LogP contribution in [-0.4, -0.2) is 96.1 Å². The van der Waals surface area contributed by atoms with Crippen molar-refractivity contribution in [1.29, 1.82) is 0 Å². The summed E-state index contributed by atoms with van der Waals surface area (Å²) in [7, 11) is -2.50. The van der Waals surface area contributed by atoms with Crippen molar-refractivity contribution in [3.63, 3.8) is 0 Å². The van der Waals surface area contributed by atoms with Crippen molar-refractivity contribution in [3.05, 3.63) is 54.8 Å². The molecule has 54 heavy (non-hydrogen) atoms. The normalized spacial score (nSPS) is 24.8. The number of carbonyl (C=O) groups excluding carboxylic acids is 5. The lowest BCUT2D eigenvalue weighted by Gasteiger charge is -2.30. The first-order valence-corrected chi connectivity index (χ1v) is 19.0. The highest BCUT2D eigenvalue weighted by Gasteiger charge is 2.62. The van der Waals surface area contributed by atoms with E-state index in [1.165, 1.54) is 19.4 Å². The molecule has 4 amide bonds. The number of benzene rings is 1. The van der Waals surface area contributed by atoms with E-state index in [0.717, 1.165) is 4.90 Å². The summed E-state index contributed by atoms with van der Waals surface area (Å²) < 4.78 is 90.3. The third-order valence-corrected chi connectivity index (χ3v) is 11.1. The molecule has 5 rings (SSSR count). The number of hydrogen-bond acceptors (Lipinski definition) is 11. The van der Waals surface area contributed by atoms with E-state index in [0.29, 0.717) is 35.4 Å². The van der Waals surface area contributed by atoms with E-state index in [-0.39, 0.29) is 25.3 Å². The first-order valence-electron chi connectivity index (χ1n) is 20.4. The molecule has 0 spiro atoms. The Morgan fingerprint density at radius 2 is 1.91 bits per heavy atom. The van der Waals surface area contributed by atoms with E-state index in [2.05, 4.69) is 26.9 Å². The van der Waals surface area contributed by atoms with E-state index in [1.807, 2.05) is 0 Å². The van der Waals surface area contributed by atoms with Gasteiger partial charge in [0.05, 0.1) is 18.9 Å². The van der Waals surface area contributed by atoms with Gasteiger partial charge in [0.1, 0.15) is 35.1 Å². The van der Waals surface area contributed by atoms with Gasteiger partial charge in [0.25, 0.3) is 5.91 Å². The second-order valence-electron chi connectivity index (χ2n) is 14.6. The highest BCUT2D eigenvalue weighted by molar-refractivity contribution is 7.91. The highest BCUT2D eigenvalue weighted by Crippen LogP contribution is 2.45. The molecule has 1 aromatic heterocycles. The topological polar surface area (TPSA) is 199 Å². The summed E-state index contributed by atoms with van der Waals surface area (Å²) >= 11 is 0. The number of sulfonamides is 1. The summed E-state index contributed by atoms with van der Waals surface area (Å²) in [5.74, 6) is -3.61. The van der Waals surface area contributed by atoms with Crippen LogP contribution in [0.2, 0.25) is 0 Å². The maximum atomic E-state index is 14.6. The number of fused-ring (bicyclic) bond motifs is 1. The Bertz CT molecular complexity index is 2170. The molecule has 3 fully saturated rings. The lowest BCUT2D eigenvalue weighted by atomic mass is 10.1. The Morgan fingerprint density at radius 3 is 2.54 bits per heavy atom. The van der Waals surface area contributed by atoms with Crippen LogP contribution in [0.5, 0.6) is 11.6 Å². The molecule has 0 bridgehead atoms. The summed E-state index contributed by atoms with van der Waals surface area (Å²) in [6.45, 7) is 1.87. The third-order valence-electron chi connectivity index (χ3n) is 9.28. The van der Waals surface area contributed by atoms with E-state index < -0.39 is 112 Å². The van der Waals surface area contributed by atoms with Gasteiger partial charge in [0.15, 0.2) is 5.78 Å². The molecule has 3 aliphatic rings. The van der Waals surface area contributed by atoms with Crippen LogP contribution < -0.4 is 24.8 Å². The Labute approximate surface area is 323 Å². The minimum Gasteiger partial charge on any atom is -0.497 e. The number of pyridine rings is 1. The van der Waals surface area contributed by atoms with Gasteiger partial charge in [0, 0.05) is 38.6 Å². The van der Waals surface area contributed by atoms with Gasteiger partial charge in [-0.3, -0.25) is 23.9 Å². The molecule has 16 heteroatoms. The van der Waals surface area contributed by atoms with E-state index in [9.17, 15) is 32.4 Å². The molecule has 1 aliphatic heterocycles. The lowest BCUT2D eigenvalue weighted by Crippen LogP contribution is -2.58. The van der Waals surface area contributed by atoms with Crippen LogP contribution in [0.15, 0.2) is 54.8 Å². The van der Waals surface area contributed by atoms with Crippen molar-refractivity contribution in [2.45, 2.75) is 108 Å². The Hall–Kier alpha value is -4.99. The van der Waals surface area contributed by atoms with Gasteiger partial charge in [-0.2, -0.15) is 0 Å². The maximum Gasteiger partial charge on any atom is 0.408 e. The summed E-state index contributed by atoms with van der Waals surface area (Å²) in [6.07, 6.45) is 0.891. The monoisotopic (exact) mass is 773 g/mol. The van der Waals surface area contributed by atoms with Crippen LogP contribution in [0.4, 0.5) is 4.79 Å². The minimum absolute atomic E-state index is 0.0190. The van der Waals surface area contributed by atoms with Crippen LogP contribution in [0, 0.1) is 5.92 Å². The molecule has 5 atom stereocenters. The zero-order valence-corrected chi connectivity index (χ0v) is 31.3. The van der Waals surface area contributed by atoms with Crippen LogP contribution in [0.25, 0.3) is 10.8 Å². The largest absolute Gasteiger partial charge is 0.497 e. The number of allylic oxidation sites excluding steroid dienone is 2. The number of likely N-dealkylation sites (tertiary alicyclic amines) is 1. The molecule has 15 nitrogen and oxygen atoms in total. The van der Waals surface area contributed by atoms with Crippen LogP contribution in [0.3, 0.4) is 0 Å². The van der Waals surface area contributed by atoms with Crippen LogP contribution >= 0.6 is 0 Å². The first kappa shape index (κ1) is 32.4. The molecule has 1 saturated heterocycles. The summed E-state index contributed by atoms with van der Waals surface area (Å²) in [5.41, 5.74) is -3.83. The molecule has 3 N–H and O–H groups in total. The quantitative estimate of drug-likeness (QED) is 0.177. The van der Waals surface area contributed by atoms with Gasteiger partial charge in [-0.25, -0.2) is 18.2 Å². The number of hydrogen-bond donors (Lipinski definition) is 3. The average Bonchev–Trinajstić information content (AvgIpc) is 4.07. The summed E-state index contributed by atoms with van der Waals surface area (Å²) in [6, 6.07) is 3.90. The summed E-state index contributed by atoms with van der Waals surface area (Å²) in [5, 5.41) is 5.65. The molecular formula is C38H49N5O10S. The van der Waals surface area contributed by atoms with Crippen molar-refractivity contribution in [3.8, 4) is 11.6 Å². The van der Waals surface area contributed by atoms with Gasteiger partial charge < -0.3 is 29.7 Å². The van der Waals surface area contributed by atoms with E-state index in [1.54, 1.807) is 45.0 Å². The fraction of sp³-hybridized carbons (Fsp3) is 0.526. The predicted molar refractivity (Wildman–Crippen MR) is 199 cm³/mol. The lowest BCUT2D eigenvalue weighted by molar-refractivity contribution is -0.141. The van der Waals surface area contributed by atoms with Crippen LogP contribution in [0.1, 0.15) is 81.2 Å². The number of methoxy groups -OCH3 is 1. The second kappa shape index (κ2) is 15.8. The molecule has 2 aliphatic carbocycles. The SMILES string of the molecule is [2H]C([2H])([2H])C(=CC(=O)CC[C@H](NC(=O)OC(C)(C)C)C(=O)N1C[C@H](Oc2nccc3cc(OC)ccc23)C[C@H]1C(=O)N[C@]1(C(=O)NS(=O)(=O)C2CC2)C[C@H]1C=C)C([2H])([2H])[2H]. The number of carbonyl (C=O) groups is 5. The molecule has 2 aromatic rings. The van der Waals surface area contributed by atoms with Crippen molar-refractivity contribution in [2.75, 3.05) is 13.7 Å². The zero-order valence-electron chi connectivity index (χ0n) is 36.5. The fourth-order valence-electron chi connectivity index (χ4n) is 6.33. The second-order valence-corrected chi connectivity index (χ2v) is 16.6. The molecule has 0 radical (unpaired) electrons. The number of amides is 4. The molecule has 0 unspecified atom stereocenters. The maximum absolute atomic E-state index is 14.6. The minimum atomic E-state index is -4.01. The first-order chi connectivity index (χ1) is 27.8. The standard InChI is InChI=1S/C38H49N5O10S/c1-8-24-20-38(24,35(47)42-54(49,50)28-11-12-28)41-32(45)31-19-27(52-33-29-13-10-26(51-7)18-23(29)15-16-39-33)21-43(31)34(46)30(14-9-25(44)17-22(2)3)40-36(48)53-37(4,5)6/h8,10,13,15-18,24,27-28,30-31H,1,9,11-12,14,19-21H2,2-7H3,(H,40,48)(H,41,45)(H,42,47)/t24-,27-,30+,31+,38-/m1/s1/i2D3,3D3. The van der Waals surface area contributed by atoms with Crippen molar-refractivity contribution in [1.82, 2.24) is 25.2 Å². The van der Waals surface area contributed by atoms with Gasteiger partial charge in [-0.1, -0.05) is 11.6 Å². The fourth-order valence-corrected chi connectivity index (χ4v) is 7.69. The Kier molecular flexibility index (Phi) is 9.48. The number of rotatable bonds is 15. The van der Waals surface area contributed by atoms with Crippen LogP contribution in [-0.2, 0) is 33.9 Å². The smallest absolute Gasteiger partial charge is 0.408 e. The Balaban J connectivity index is 1.47. The predicted octanol–water partition coefficient (Wildman–Crippen LogP) is 3.47. The number of nitrogens with zero attached hydrogens (tertiary/aromatic N) is 2. The molecule has 292 valence electrons. The number of ketones is 1. The third kappa shape index (κ3) is 9.56. The average molecular weight is 774 g/mol. The molecule has 1 aromatic carbocycles. The summed E-state index contributed by atoms with van der Waals surface area (Å²) in [4.78, 5) is 74.1. The van der Waals surface area contributed by atoms with Crippen molar-refractivity contribution >= 4 is 50.4 Å². The molecular weight excluding hydrogens is 719 g/mol. The van der Waals surface area contributed by atoms with E-state index >= 15 is 0 Å². The number of ether oxygens (including phenoxy) is 3. The van der Waals surface area contributed by atoms with E-state index in [4.69, 9.17) is 22.4 Å². The van der Waals surface area contributed by atoms with Crippen molar-refractivity contribution < 1.29 is 54.8 Å². The highest BCUT2D eigenvalue weighted by atomic mass is 32.2.